The first-order valence-corrected chi connectivity index (χ1v) is 10.6. The Hall–Kier alpha value is -3.01. The maximum absolute atomic E-state index is 13.1. The molecule has 9 nitrogen and oxygen atoms in total. The zero-order chi connectivity index (χ0) is 22.1. The second kappa shape index (κ2) is 8.62. The Morgan fingerprint density at radius 1 is 1.19 bits per heavy atom. The molecule has 0 radical (unpaired) electrons. The van der Waals surface area contributed by atoms with E-state index in [1.165, 1.54) is 12.1 Å². The van der Waals surface area contributed by atoms with Crippen molar-refractivity contribution in [1.29, 1.82) is 0 Å². The number of guanidine groups is 1. The van der Waals surface area contributed by atoms with Crippen LogP contribution < -0.4 is 5.32 Å². The summed E-state index contributed by atoms with van der Waals surface area (Å²) in [5.41, 5.74) is 1.43. The number of carbonyl (C=O) groups is 2. The van der Waals surface area contributed by atoms with Gasteiger partial charge in [0.25, 0.3) is 5.91 Å². The highest BCUT2D eigenvalue weighted by atomic mass is 19.1. The molecule has 2 amide bonds. The van der Waals surface area contributed by atoms with Gasteiger partial charge in [-0.05, 0) is 38.1 Å². The zero-order valence-electron chi connectivity index (χ0n) is 18.1. The van der Waals surface area contributed by atoms with Crippen molar-refractivity contribution in [3.05, 3.63) is 30.1 Å². The average molecular weight is 430 g/mol. The van der Waals surface area contributed by atoms with Crippen LogP contribution >= 0.6 is 0 Å². The first-order valence-electron chi connectivity index (χ1n) is 10.6. The predicted molar refractivity (Wildman–Crippen MR) is 116 cm³/mol. The van der Waals surface area contributed by atoms with Crippen LogP contribution in [0.1, 0.15) is 13.8 Å². The van der Waals surface area contributed by atoms with Crippen LogP contribution in [0.5, 0.6) is 0 Å². The second-order valence-electron chi connectivity index (χ2n) is 8.03. The van der Waals surface area contributed by atoms with Crippen LogP contribution in [-0.4, -0.2) is 102 Å². The summed E-state index contributed by atoms with van der Waals surface area (Å²) >= 11 is 0. The van der Waals surface area contributed by atoms with Gasteiger partial charge in [-0.15, -0.1) is 0 Å². The van der Waals surface area contributed by atoms with Crippen molar-refractivity contribution in [3.63, 3.8) is 0 Å². The van der Waals surface area contributed by atoms with Crippen LogP contribution in [0.2, 0.25) is 0 Å². The van der Waals surface area contributed by atoms with E-state index >= 15 is 0 Å². The van der Waals surface area contributed by atoms with Crippen LogP contribution in [-0.2, 0) is 9.59 Å². The van der Waals surface area contributed by atoms with Crippen molar-refractivity contribution in [3.8, 4) is 0 Å². The fraction of sp³-hybridized carbons (Fsp3) is 0.524. The monoisotopic (exact) mass is 429 g/mol. The summed E-state index contributed by atoms with van der Waals surface area (Å²) in [6.45, 7) is 7.39. The van der Waals surface area contributed by atoms with Gasteiger partial charge in [0.05, 0.1) is 12.3 Å². The van der Waals surface area contributed by atoms with Gasteiger partial charge in [-0.2, -0.15) is 5.10 Å². The Morgan fingerprint density at radius 2 is 1.87 bits per heavy atom. The van der Waals surface area contributed by atoms with E-state index in [2.05, 4.69) is 20.2 Å². The quantitative estimate of drug-likeness (QED) is 0.760. The lowest BCUT2D eigenvalue weighted by Gasteiger charge is -2.42. The molecule has 1 fully saturated rings. The molecule has 3 heterocycles. The minimum absolute atomic E-state index is 0.0294. The number of halogens is 1. The lowest BCUT2D eigenvalue weighted by Crippen LogP contribution is -2.62. The Balaban J connectivity index is 1.36. The summed E-state index contributed by atoms with van der Waals surface area (Å²) in [4.78, 5) is 36.2. The maximum atomic E-state index is 13.1. The van der Waals surface area contributed by atoms with Gasteiger partial charge in [0, 0.05) is 45.5 Å². The largest absolute Gasteiger partial charge is 0.340 e. The molecule has 1 saturated heterocycles. The van der Waals surface area contributed by atoms with E-state index in [0.717, 1.165) is 5.71 Å². The molecule has 31 heavy (non-hydrogen) atoms. The topological polar surface area (TPSA) is 83.8 Å². The van der Waals surface area contributed by atoms with Crippen molar-refractivity contribution >= 4 is 29.2 Å². The van der Waals surface area contributed by atoms with Crippen molar-refractivity contribution in [2.75, 3.05) is 51.6 Å². The van der Waals surface area contributed by atoms with Gasteiger partial charge in [-0.25, -0.2) is 9.38 Å². The number of nitrogens with one attached hydrogen (secondary N) is 1. The number of likely N-dealkylation sites (N-methyl/N-ethyl adjacent to an activating group) is 2. The third-order valence-electron chi connectivity index (χ3n) is 5.93. The molecule has 1 N–H and O–H groups in total. The molecule has 10 heteroatoms. The standard InChI is InChI=1S/C21H28FN7O2/c1-4-29-20(31)19-18(14(2)25-26(19)3)24-21(29)28-11-9-27(10-12-28)13-17(30)23-16-7-5-15(22)6-8-16/h5-8,18-19H,4,9-13H2,1-3H3,(H,23,30). The summed E-state index contributed by atoms with van der Waals surface area (Å²) in [7, 11) is 1.82. The number of hydrazone groups is 1. The highest BCUT2D eigenvalue weighted by molar-refractivity contribution is 6.08. The van der Waals surface area contributed by atoms with Gasteiger partial charge in [-0.1, -0.05) is 0 Å². The normalized spacial score (nSPS) is 24.1. The number of fused-ring (bicyclic) bond motifs is 1. The number of hydrogen-bond acceptors (Lipinski definition) is 7. The van der Waals surface area contributed by atoms with E-state index in [1.807, 2.05) is 20.9 Å². The summed E-state index contributed by atoms with van der Waals surface area (Å²) in [5.74, 6) is 0.260. The molecule has 0 aliphatic carbocycles. The molecule has 0 aromatic heterocycles. The molecule has 2 atom stereocenters. The third kappa shape index (κ3) is 4.25. The molecule has 4 rings (SSSR count). The summed E-state index contributed by atoms with van der Waals surface area (Å²) < 4.78 is 13.0. The molecule has 1 aromatic rings. The molecule has 1 aromatic carbocycles. The molecular weight excluding hydrogens is 401 g/mol. The van der Waals surface area contributed by atoms with Gasteiger partial charge in [0.1, 0.15) is 11.9 Å². The Labute approximate surface area is 181 Å². The number of aliphatic imine (C=N–C) groups is 1. The van der Waals surface area contributed by atoms with Gasteiger partial charge in [-0.3, -0.25) is 24.4 Å². The molecule has 166 valence electrons. The highest BCUT2D eigenvalue weighted by Crippen LogP contribution is 2.25. The minimum atomic E-state index is -0.361. The number of rotatable bonds is 4. The van der Waals surface area contributed by atoms with Crippen LogP contribution in [0.4, 0.5) is 10.1 Å². The van der Waals surface area contributed by atoms with Crippen LogP contribution in [0, 0.1) is 5.82 Å². The molecule has 0 spiro atoms. The van der Waals surface area contributed by atoms with E-state index in [9.17, 15) is 14.0 Å². The Kier molecular flexibility index (Phi) is 5.90. The van der Waals surface area contributed by atoms with E-state index in [1.54, 1.807) is 22.0 Å². The number of piperazine rings is 1. The lowest BCUT2D eigenvalue weighted by atomic mass is 10.0. The number of amides is 2. The van der Waals surface area contributed by atoms with Crippen molar-refractivity contribution < 1.29 is 14.0 Å². The first kappa shape index (κ1) is 21.2. The maximum Gasteiger partial charge on any atom is 0.256 e. The van der Waals surface area contributed by atoms with Gasteiger partial charge >= 0.3 is 0 Å². The van der Waals surface area contributed by atoms with E-state index in [-0.39, 0.29) is 36.3 Å². The zero-order valence-corrected chi connectivity index (χ0v) is 18.1. The van der Waals surface area contributed by atoms with Crippen molar-refractivity contribution in [2.24, 2.45) is 10.1 Å². The summed E-state index contributed by atoms with van der Waals surface area (Å²) in [6, 6.07) is 5.12. The van der Waals surface area contributed by atoms with Crippen molar-refractivity contribution in [2.45, 2.75) is 25.9 Å². The first-order chi connectivity index (χ1) is 14.9. The fourth-order valence-electron chi connectivity index (χ4n) is 4.31. The summed E-state index contributed by atoms with van der Waals surface area (Å²) in [6.07, 6.45) is 0. The highest BCUT2D eigenvalue weighted by Gasteiger charge is 2.46. The molecule has 2 unspecified atom stereocenters. The van der Waals surface area contributed by atoms with Gasteiger partial charge in [0.2, 0.25) is 11.9 Å². The van der Waals surface area contributed by atoms with E-state index in [4.69, 9.17) is 4.99 Å². The fourth-order valence-corrected chi connectivity index (χ4v) is 4.31. The molecular formula is C21H28FN7O2. The number of benzene rings is 1. The Bertz CT molecular complexity index is 909. The smallest absolute Gasteiger partial charge is 0.256 e. The molecule has 0 saturated carbocycles. The number of nitrogens with zero attached hydrogens (tertiary/aromatic N) is 6. The third-order valence-corrected chi connectivity index (χ3v) is 5.93. The van der Waals surface area contributed by atoms with E-state index < -0.39 is 0 Å². The molecule has 0 bridgehead atoms. The predicted octanol–water partition coefficient (Wildman–Crippen LogP) is 0.658. The summed E-state index contributed by atoms with van der Waals surface area (Å²) in [5, 5.41) is 8.92. The average Bonchev–Trinajstić information content (AvgIpc) is 3.04. The molecule has 3 aliphatic rings. The number of anilines is 1. The second-order valence-corrected chi connectivity index (χ2v) is 8.03. The number of carbonyl (C=O) groups excluding carboxylic acids is 2. The Morgan fingerprint density at radius 3 is 2.52 bits per heavy atom. The van der Waals surface area contributed by atoms with Crippen molar-refractivity contribution in [1.82, 2.24) is 19.7 Å². The van der Waals surface area contributed by atoms with E-state index in [0.29, 0.717) is 44.4 Å². The van der Waals surface area contributed by atoms with Crippen LogP contribution in [0.3, 0.4) is 0 Å². The minimum Gasteiger partial charge on any atom is -0.340 e. The van der Waals surface area contributed by atoms with Gasteiger partial charge < -0.3 is 10.2 Å². The SMILES string of the molecule is CCN1C(=O)C2C(N=C1N1CCN(CC(=O)Nc3ccc(F)cc3)CC1)C(C)=NN2C. The lowest BCUT2D eigenvalue weighted by molar-refractivity contribution is -0.133. The van der Waals surface area contributed by atoms with Crippen LogP contribution in [0.25, 0.3) is 0 Å². The number of hydrogen-bond donors (Lipinski definition) is 1. The van der Waals surface area contributed by atoms with Gasteiger partial charge in [0.15, 0.2) is 6.04 Å². The molecule has 3 aliphatic heterocycles. The van der Waals surface area contributed by atoms with Crippen LogP contribution in [0.15, 0.2) is 34.4 Å².